The highest BCUT2D eigenvalue weighted by molar-refractivity contribution is 9.10. The van der Waals surface area contributed by atoms with Gasteiger partial charge in [0.15, 0.2) is 5.82 Å². The van der Waals surface area contributed by atoms with Gasteiger partial charge in [0, 0.05) is 21.6 Å². The molecule has 0 atom stereocenters. The van der Waals surface area contributed by atoms with Gasteiger partial charge in [-0.25, -0.2) is 0 Å². The van der Waals surface area contributed by atoms with E-state index in [0.717, 1.165) is 15.6 Å². The minimum Gasteiger partial charge on any atom is -0.399 e. The summed E-state index contributed by atoms with van der Waals surface area (Å²) in [6.45, 7) is 0. The van der Waals surface area contributed by atoms with Crippen LogP contribution in [0.2, 0.25) is 5.02 Å². The first-order chi connectivity index (χ1) is 10.1. The topological polar surface area (TPSA) is 64.9 Å². The van der Waals surface area contributed by atoms with Crippen molar-refractivity contribution in [2.75, 3.05) is 5.73 Å². The Morgan fingerprint density at radius 3 is 2.67 bits per heavy atom. The van der Waals surface area contributed by atoms with Crippen molar-refractivity contribution in [3.05, 3.63) is 63.3 Å². The average Bonchev–Trinajstić information content (AvgIpc) is 2.92. The van der Waals surface area contributed by atoms with Crippen molar-refractivity contribution in [3.8, 4) is 11.5 Å². The molecule has 0 radical (unpaired) electrons. The number of benzene rings is 2. The number of hydrogen-bond donors (Lipinski definition) is 1. The Labute approximate surface area is 135 Å². The van der Waals surface area contributed by atoms with Gasteiger partial charge in [0.05, 0.1) is 5.56 Å². The Balaban J connectivity index is 1.86. The third-order valence-corrected chi connectivity index (χ3v) is 3.91. The van der Waals surface area contributed by atoms with Gasteiger partial charge in [-0.05, 0) is 51.8 Å². The van der Waals surface area contributed by atoms with Crippen molar-refractivity contribution in [2.45, 2.75) is 6.42 Å². The molecular formula is C15H11BrClN3O. The van der Waals surface area contributed by atoms with Gasteiger partial charge >= 0.3 is 0 Å². The van der Waals surface area contributed by atoms with E-state index in [1.54, 1.807) is 12.1 Å². The molecule has 2 aromatic carbocycles. The highest BCUT2D eigenvalue weighted by atomic mass is 79.9. The maximum absolute atomic E-state index is 5.86. The van der Waals surface area contributed by atoms with Crippen molar-refractivity contribution >= 4 is 33.2 Å². The molecule has 0 saturated carbocycles. The smallest absolute Gasteiger partial charge is 0.259 e. The SMILES string of the molecule is Nc1ccc(Br)c(-c2nc(Cc3ccc(Cl)cc3)no2)c1. The molecule has 4 nitrogen and oxygen atoms in total. The maximum atomic E-state index is 5.86. The minimum atomic E-state index is 0.443. The van der Waals surface area contributed by atoms with Crippen LogP contribution < -0.4 is 5.73 Å². The lowest BCUT2D eigenvalue weighted by Crippen LogP contribution is -1.91. The molecule has 0 amide bonds. The zero-order valence-corrected chi connectivity index (χ0v) is 13.2. The summed E-state index contributed by atoms with van der Waals surface area (Å²) in [4.78, 5) is 4.40. The highest BCUT2D eigenvalue weighted by Crippen LogP contribution is 2.29. The molecule has 106 valence electrons. The van der Waals surface area contributed by atoms with Crippen LogP contribution in [0.3, 0.4) is 0 Å². The van der Waals surface area contributed by atoms with Gasteiger partial charge in [-0.2, -0.15) is 4.98 Å². The van der Waals surface area contributed by atoms with Gasteiger partial charge in [-0.1, -0.05) is 28.9 Å². The fourth-order valence-electron chi connectivity index (χ4n) is 1.93. The molecule has 0 bridgehead atoms. The quantitative estimate of drug-likeness (QED) is 0.703. The summed E-state index contributed by atoms with van der Waals surface area (Å²) in [5.41, 5.74) is 8.28. The van der Waals surface area contributed by atoms with Crippen LogP contribution in [-0.2, 0) is 6.42 Å². The van der Waals surface area contributed by atoms with E-state index in [4.69, 9.17) is 21.9 Å². The van der Waals surface area contributed by atoms with Gasteiger partial charge in [0.2, 0.25) is 0 Å². The molecule has 6 heteroatoms. The molecule has 0 aliphatic heterocycles. The summed E-state index contributed by atoms with van der Waals surface area (Å²) in [7, 11) is 0. The average molecular weight is 365 g/mol. The number of nitrogen functional groups attached to an aromatic ring is 1. The lowest BCUT2D eigenvalue weighted by Gasteiger charge is -2.00. The summed E-state index contributed by atoms with van der Waals surface area (Å²) in [6, 6.07) is 13.0. The molecular weight excluding hydrogens is 354 g/mol. The Bertz CT molecular complexity index is 771. The van der Waals surface area contributed by atoms with E-state index in [2.05, 4.69) is 26.1 Å². The second-order valence-electron chi connectivity index (χ2n) is 4.56. The number of hydrogen-bond acceptors (Lipinski definition) is 4. The van der Waals surface area contributed by atoms with Crippen molar-refractivity contribution in [2.24, 2.45) is 0 Å². The number of nitrogens with zero attached hydrogens (tertiary/aromatic N) is 2. The van der Waals surface area contributed by atoms with Crippen LogP contribution in [0.25, 0.3) is 11.5 Å². The summed E-state index contributed by atoms with van der Waals surface area (Å²) in [5.74, 6) is 1.06. The van der Waals surface area contributed by atoms with E-state index >= 15 is 0 Å². The lowest BCUT2D eigenvalue weighted by molar-refractivity contribution is 0.423. The van der Waals surface area contributed by atoms with E-state index in [9.17, 15) is 0 Å². The van der Waals surface area contributed by atoms with E-state index in [1.165, 1.54) is 0 Å². The molecule has 0 spiro atoms. The molecule has 1 heterocycles. The van der Waals surface area contributed by atoms with E-state index < -0.39 is 0 Å². The van der Waals surface area contributed by atoms with Crippen molar-refractivity contribution in [1.82, 2.24) is 10.1 Å². The Morgan fingerprint density at radius 1 is 1.14 bits per heavy atom. The third-order valence-electron chi connectivity index (χ3n) is 2.96. The molecule has 0 fully saturated rings. The summed E-state index contributed by atoms with van der Waals surface area (Å²) < 4.78 is 6.17. The van der Waals surface area contributed by atoms with Gasteiger partial charge in [-0.15, -0.1) is 0 Å². The number of halogens is 2. The number of anilines is 1. The van der Waals surface area contributed by atoms with Gasteiger partial charge in [0.25, 0.3) is 5.89 Å². The Morgan fingerprint density at radius 2 is 1.90 bits per heavy atom. The first kappa shape index (κ1) is 14.1. The van der Waals surface area contributed by atoms with Crippen LogP contribution >= 0.6 is 27.5 Å². The third kappa shape index (κ3) is 3.25. The standard InChI is InChI=1S/C15H11BrClN3O/c16-13-6-5-11(18)8-12(13)15-19-14(20-21-15)7-9-1-3-10(17)4-2-9/h1-6,8H,7,18H2. The largest absolute Gasteiger partial charge is 0.399 e. The van der Waals surface area contributed by atoms with Crippen LogP contribution in [0, 0.1) is 0 Å². The fraction of sp³-hybridized carbons (Fsp3) is 0.0667. The van der Waals surface area contributed by atoms with Crippen molar-refractivity contribution in [3.63, 3.8) is 0 Å². The predicted molar refractivity (Wildman–Crippen MR) is 86.1 cm³/mol. The summed E-state index contributed by atoms with van der Waals surface area (Å²) in [6.07, 6.45) is 0.584. The second kappa shape index (κ2) is 5.87. The normalized spacial score (nSPS) is 10.8. The maximum Gasteiger partial charge on any atom is 0.259 e. The number of nitrogens with two attached hydrogens (primary N) is 1. The molecule has 2 N–H and O–H groups in total. The first-order valence-corrected chi connectivity index (χ1v) is 7.41. The van der Waals surface area contributed by atoms with Gasteiger partial charge in [-0.3, -0.25) is 0 Å². The van der Waals surface area contributed by atoms with Crippen LogP contribution in [0.4, 0.5) is 5.69 Å². The Kier molecular flexibility index (Phi) is 3.94. The first-order valence-electron chi connectivity index (χ1n) is 6.24. The minimum absolute atomic E-state index is 0.443. The molecule has 0 unspecified atom stereocenters. The molecule has 21 heavy (non-hydrogen) atoms. The lowest BCUT2D eigenvalue weighted by atomic mass is 10.1. The van der Waals surface area contributed by atoms with E-state index in [-0.39, 0.29) is 0 Å². The van der Waals surface area contributed by atoms with Crippen molar-refractivity contribution in [1.29, 1.82) is 0 Å². The predicted octanol–water partition coefficient (Wildman–Crippen LogP) is 4.33. The van der Waals surface area contributed by atoms with Gasteiger partial charge in [0.1, 0.15) is 0 Å². The molecule has 3 aromatic rings. The molecule has 0 saturated heterocycles. The Hall–Kier alpha value is -1.85. The molecule has 3 rings (SSSR count). The van der Waals surface area contributed by atoms with Crippen LogP contribution in [0.5, 0.6) is 0 Å². The van der Waals surface area contributed by atoms with Crippen LogP contribution in [0.15, 0.2) is 51.5 Å². The molecule has 0 aliphatic rings. The van der Waals surface area contributed by atoms with E-state index in [1.807, 2.05) is 30.3 Å². The van der Waals surface area contributed by atoms with E-state index in [0.29, 0.717) is 28.8 Å². The number of rotatable bonds is 3. The van der Waals surface area contributed by atoms with Crippen LogP contribution in [-0.4, -0.2) is 10.1 Å². The van der Waals surface area contributed by atoms with Crippen molar-refractivity contribution < 1.29 is 4.52 Å². The zero-order valence-electron chi connectivity index (χ0n) is 10.9. The monoisotopic (exact) mass is 363 g/mol. The summed E-state index contributed by atoms with van der Waals surface area (Å²) >= 11 is 9.32. The fourth-order valence-corrected chi connectivity index (χ4v) is 2.47. The van der Waals surface area contributed by atoms with Crippen LogP contribution in [0.1, 0.15) is 11.4 Å². The second-order valence-corrected chi connectivity index (χ2v) is 5.85. The number of aromatic nitrogens is 2. The zero-order chi connectivity index (χ0) is 14.8. The molecule has 1 aromatic heterocycles. The summed E-state index contributed by atoms with van der Waals surface area (Å²) in [5, 5.41) is 4.71. The van der Waals surface area contributed by atoms with Gasteiger partial charge < -0.3 is 10.3 Å². The highest BCUT2D eigenvalue weighted by Gasteiger charge is 2.12. The molecule has 0 aliphatic carbocycles.